The van der Waals surface area contributed by atoms with E-state index in [1.54, 1.807) is 12.4 Å². The number of nitrogens with one attached hydrogen (secondary N) is 1. The summed E-state index contributed by atoms with van der Waals surface area (Å²) in [7, 11) is 0. The molecule has 4 nitrogen and oxygen atoms in total. The summed E-state index contributed by atoms with van der Waals surface area (Å²) in [5.41, 5.74) is 0.983. The van der Waals surface area contributed by atoms with Gasteiger partial charge >= 0.3 is 0 Å². The molecule has 1 aliphatic heterocycles. The van der Waals surface area contributed by atoms with Crippen molar-refractivity contribution in [1.82, 2.24) is 10.3 Å². The summed E-state index contributed by atoms with van der Waals surface area (Å²) in [6.07, 6.45) is 4.26. The van der Waals surface area contributed by atoms with E-state index < -0.39 is 0 Å². The maximum Gasteiger partial charge on any atom is 0.227 e. The minimum absolute atomic E-state index is 0.0650. The first kappa shape index (κ1) is 10.9. The van der Waals surface area contributed by atoms with Crippen LogP contribution < -0.4 is 5.32 Å². The minimum Gasteiger partial charge on any atom is -0.296 e. The lowest BCUT2D eigenvalue weighted by atomic mass is 9.88. The molecule has 2 amide bonds. The Morgan fingerprint density at radius 3 is 2.56 bits per heavy atom. The molecule has 0 saturated carbocycles. The molecule has 0 radical (unpaired) electrons. The van der Waals surface area contributed by atoms with Gasteiger partial charge < -0.3 is 0 Å². The van der Waals surface area contributed by atoms with Crippen molar-refractivity contribution in [3.05, 3.63) is 42.2 Å². The summed E-state index contributed by atoms with van der Waals surface area (Å²) >= 11 is 0. The van der Waals surface area contributed by atoms with Gasteiger partial charge in [0.1, 0.15) is 0 Å². The minimum atomic E-state index is -0.204. The van der Waals surface area contributed by atoms with E-state index in [1.165, 1.54) is 0 Å². The number of amides is 2. The maximum absolute atomic E-state index is 11.4. The lowest BCUT2D eigenvalue weighted by Crippen LogP contribution is -2.37. The summed E-state index contributed by atoms with van der Waals surface area (Å²) in [6.45, 7) is 0. The van der Waals surface area contributed by atoms with Crippen molar-refractivity contribution in [3.8, 4) is 0 Å². The third-order valence-electron chi connectivity index (χ3n) is 3.28. The van der Waals surface area contributed by atoms with Gasteiger partial charge in [-0.3, -0.25) is 19.9 Å². The lowest BCUT2D eigenvalue weighted by Gasteiger charge is -2.22. The van der Waals surface area contributed by atoms with Crippen LogP contribution in [0, 0.1) is 0 Å². The Morgan fingerprint density at radius 1 is 1.06 bits per heavy atom. The number of imide groups is 1. The third-order valence-corrected chi connectivity index (χ3v) is 3.28. The fourth-order valence-corrected chi connectivity index (χ4v) is 2.46. The van der Waals surface area contributed by atoms with Gasteiger partial charge in [-0.05, 0) is 10.9 Å². The molecule has 1 saturated heterocycles. The van der Waals surface area contributed by atoms with Crippen molar-refractivity contribution in [2.45, 2.75) is 18.8 Å². The highest BCUT2D eigenvalue weighted by atomic mass is 16.2. The summed E-state index contributed by atoms with van der Waals surface area (Å²) < 4.78 is 0. The zero-order valence-corrected chi connectivity index (χ0v) is 9.72. The van der Waals surface area contributed by atoms with E-state index in [4.69, 9.17) is 0 Å². The molecular weight excluding hydrogens is 228 g/mol. The van der Waals surface area contributed by atoms with E-state index in [0.717, 1.165) is 16.3 Å². The monoisotopic (exact) mass is 240 g/mol. The number of hydrogen-bond acceptors (Lipinski definition) is 3. The largest absolute Gasteiger partial charge is 0.296 e. The van der Waals surface area contributed by atoms with Crippen LogP contribution in [0.1, 0.15) is 24.3 Å². The zero-order chi connectivity index (χ0) is 12.5. The van der Waals surface area contributed by atoms with Crippen LogP contribution in [0.3, 0.4) is 0 Å². The zero-order valence-electron chi connectivity index (χ0n) is 9.72. The number of carbonyl (C=O) groups is 2. The van der Waals surface area contributed by atoms with Crippen molar-refractivity contribution in [2.24, 2.45) is 0 Å². The van der Waals surface area contributed by atoms with Gasteiger partial charge in [0.15, 0.2) is 0 Å². The molecule has 1 aromatic carbocycles. The molecular formula is C14H12N2O2. The predicted octanol–water partition coefficient (Wildman–Crippen LogP) is 1.75. The van der Waals surface area contributed by atoms with Gasteiger partial charge in [-0.1, -0.05) is 24.3 Å². The Kier molecular flexibility index (Phi) is 2.55. The van der Waals surface area contributed by atoms with Gasteiger partial charge in [0.05, 0.1) is 0 Å². The molecule has 0 spiro atoms. The summed E-state index contributed by atoms with van der Waals surface area (Å²) in [5.74, 6) is -0.474. The second kappa shape index (κ2) is 4.22. The van der Waals surface area contributed by atoms with Crippen LogP contribution in [0.15, 0.2) is 36.7 Å². The van der Waals surface area contributed by atoms with Crippen LogP contribution in [0.25, 0.3) is 10.8 Å². The molecule has 18 heavy (non-hydrogen) atoms. The first-order valence-electron chi connectivity index (χ1n) is 5.89. The van der Waals surface area contributed by atoms with Crippen LogP contribution in [-0.2, 0) is 9.59 Å². The van der Waals surface area contributed by atoms with E-state index in [1.807, 2.05) is 24.3 Å². The van der Waals surface area contributed by atoms with Crippen LogP contribution in [0.2, 0.25) is 0 Å². The van der Waals surface area contributed by atoms with Crippen molar-refractivity contribution in [1.29, 1.82) is 0 Å². The van der Waals surface area contributed by atoms with E-state index in [-0.39, 0.29) is 17.7 Å². The van der Waals surface area contributed by atoms with Crippen molar-refractivity contribution in [3.63, 3.8) is 0 Å². The van der Waals surface area contributed by atoms with Crippen molar-refractivity contribution >= 4 is 22.6 Å². The SMILES string of the molecule is O=C1CC(c2cncc3ccccc23)CC(=O)N1. The van der Waals surface area contributed by atoms with E-state index in [0.29, 0.717) is 12.8 Å². The molecule has 1 fully saturated rings. The van der Waals surface area contributed by atoms with Gasteiger partial charge in [-0.2, -0.15) is 0 Å². The number of piperidine rings is 1. The third kappa shape index (κ3) is 1.86. The molecule has 3 rings (SSSR count). The fourth-order valence-electron chi connectivity index (χ4n) is 2.46. The Bertz CT molecular complexity index is 615. The highest BCUT2D eigenvalue weighted by Crippen LogP contribution is 2.31. The molecule has 0 aliphatic carbocycles. The molecule has 2 aromatic rings. The summed E-state index contributed by atoms with van der Waals surface area (Å²) in [5, 5.41) is 4.43. The number of fused-ring (bicyclic) bond motifs is 1. The standard InChI is InChI=1S/C14H12N2O2/c17-13-5-10(6-14(18)16-13)12-8-15-7-9-3-1-2-4-11(9)12/h1-4,7-8,10H,5-6H2,(H,16,17,18). The van der Waals surface area contributed by atoms with Gasteiger partial charge in [-0.15, -0.1) is 0 Å². The van der Waals surface area contributed by atoms with Crippen molar-refractivity contribution in [2.75, 3.05) is 0 Å². The molecule has 2 heterocycles. The average molecular weight is 240 g/mol. The van der Waals surface area contributed by atoms with Crippen LogP contribution >= 0.6 is 0 Å². The van der Waals surface area contributed by atoms with Gasteiger partial charge in [0, 0.05) is 36.5 Å². The molecule has 4 heteroatoms. The highest BCUT2D eigenvalue weighted by Gasteiger charge is 2.27. The smallest absolute Gasteiger partial charge is 0.227 e. The fraction of sp³-hybridized carbons (Fsp3) is 0.214. The molecule has 1 N–H and O–H groups in total. The van der Waals surface area contributed by atoms with Gasteiger partial charge in [0.2, 0.25) is 11.8 Å². The van der Waals surface area contributed by atoms with E-state index >= 15 is 0 Å². The van der Waals surface area contributed by atoms with E-state index in [2.05, 4.69) is 10.3 Å². The molecule has 1 aromatic heterocycles. The Morgan fingerprint density at radius 2 is 1.78 bits per heavy atom. The Balaban J connectivity index is 2.08. The first-order chi connectivity index (χ1) is 8.74. The molecule has 0 bridgehead atoms. The molecule has 0 atom stereocenters. The number of pyridine rings is 1. The number of nitrogens with zero attached hydrogens (tertiary/aromatic N) is 1. The molecule has 1 aliphatic rings. The average Bonchev–Trinajstić information content (AvgIpc) is 2.37. The molecule has 90 valence electrons. The maximum atomic E-state index is 11.4. The van der Waals surface area contributed by atoms with Crippen LogP contribution in [-0.4, -0.2) is 16.8 Å². The topological polar surface area (TPSA) is 59.1 Å². The number of carbonyl (C=O) groups excluding carboxylic acids is 2. The molecule has 0 unspecified atom stereocenters. The van der Waals surface area contributed by atoms with Gasteiger partial charge in [-0.25, -0.2) is 0 Å². The first-order valence-corrected chi connectivity index (χ1v) is 5.89. The Hall–Kier alpha value is -2.23. The predicted molar refractivity (Wildman–Crippen MR) is 66.9 cm³/mol. The second-order valence-corrected chi connectivity index (χ2v) is 4.53. The number of aromatic nitrogens is 1. The quantitative estimate of drug-likeness (QED) is 0.772. The van der Waals surface area contributed by atoms with Crippen LogP contribution in [0.5, 0.6) is 0 Å². The summed E-state index contributed by atoms with van der Waals surface area (Å²) in [6, 6.07) is 7.89. The highest BCUT2D eigenvalue weighted by molar-refractivity contribution is 5.99. The number of rotatable bonds is 1. The lowest BCUT2D eigenvalue weighted by molar-refractivity contribution is -0.133. The second-order valence-electron chi connectivity index (χ2n) is 4.53. The van der Waals surface area contributed by atoms with Gasteiger partial charge in [0.25, 0.3) is 0 Å². The normalized spacial score (nSPS) is 16.9. The van der Waals surface area contributed by atoms with Crippen LogP contribution in [0.4, 0.5) is 0 Å². The summed E-state index contributed by atoms with van der Waals surface area (Å²) in [4.78, 5) is 27.1. The van der Waals surface area contributed by atoms with E-state index in [9.17, 15) is 9.59 Å². The van der Waals surface area contributed by atoms with Crippen molar-refractivity contribution < 1.29 is 9.59 Å². The Labute approximate surface area is 104 Å². The number of hydrogen-bond donors (Lipinski definition) is 1. The number of benzene rings is 1.